The zero-order valence-corrected chi connectivity index (χ0v) is 12.4. The molecule has 0 aromatic heterocycles. The molecule has 0 saturated heterocycles. The van der Waals surface area contributed by atoms with Crippen molar-refractivity contribution in [1.82, 2.24) is 0 Å². The van der Waals surface area contributed by atoms with Crippen LogP contribution < -0.4 is 0 Å². The lowest BCUT2D eigenvalue weighted by Gasteiger charge is -2.45. The van der Waals surface area contributed by atoms with Gasteiger partial charge in [0.2, 0.25) is 0 Å². The van der Waals surface area contributed by atoms with E-state index in [2.05, 4.69) is 34.6 Å². The molecule has 98 valence electrons. The Labute approximate surface area is 108 Å². The van der Waals surface area contributed by atoms with Gasteiger partial charge in [-0.2, -0.15) is 0 Å². The minimum Gasteiger partial charge on any atom is -0.0651 e. The maximum atomic E-state index is 2.56. The number of hydrogen-bond acceptors (Lipinski definition) is 0. The molecule has 3 rings (SSSR count). The van der Waals surface area contributed by atoms with Crippen LogP contribution in [0.25, 0.3) is 0 Å². The highest BCUT2D eigenvalue weighted by Gasteiger charge is 2.64. The number of rotatable bonds is 2. The van der Waals surface area contributed by atoms with Crippen LogP contribution in [0.2, 0.25) is 0 Å². The molecular weight excluding hydrogens is 204 g/mol. The second kappa shape index (κ2) is 3.75. The fourth-order valence-corrected chi connectivity index (χ4v) is 6.28. The Morgan fingerprint density at radius 2 is 1.53 bits per heavy atom. The van der Waals surface area contributed by atoms with Crippen molar-refractivity contribution in [3.8, 4) is 0 Å². The Hall–Kier alpha value is 0. The molecule has 0 heterocycles. The van der Waals surface area contributed by atoms with Gasteiger partial charge >= 0.3 is 0 Å². The highest BCUT2D eigenvalue weighted by molar-refractivity contribution is 5.12. The monoisotopic (exact) mass is 234 g/mol. The molecule has 7 unspecified atom stereocenters. The Morgan fingerprint density at radius 3 is 2.12 bits per heavy atom. The van der Waals surface area contributed by atoms with Crippen molar-refractivity contribution in [3.05, 3.63) is 0 Å². The summed E-state index contributed by atoms with van der Waals surface area (Å²) >= 11 is 0. The van der Waals surface area contributed by atoms with E-state index in [1.807, 2.05) is 0 Å². The zero-order chi connectivity index (χ0) is 12.4. The van der Waals surface area contributed by atoms with Crippen LogP contribution in [0.3, 0.4) is 0 Å². The fourth-order valence-electron chi connectivity index (χ4n) is 6.28. The van der Waals surface area contributed by atoms with E-state index in [9.17, 15) is 0 Å². The summed E-state index contributed by atoms with van der Waals surface area (Å²) in [5.41, 5.74) is 0.627. The van der Waals surface area contributed by atoms with Crippen LogP contribution in [0.4, 0.5) is 0 Å². The molecule has 3 saturated carbocycles. The predicted octanol–water partition coefficient (Wildman–Crippen LogP) is 4.99. The molecule has 0 N–H and O–H groups in total. The van der Waals surface area contributed by atoms with Gasteiger partial charge in [-0.1, -0.05) is 47.5 Å². The van der Waals surface area contributed by atoms with Crippen LogP contribution in [0.1, 0.15) is 60.3 Å². The van der Waals surface area contributed by atoms with E-state index in [0.29, 0.717) is 5.41 Å². The van der Waals surface area contributed by atoms with Gasteiger partial charge in [0.25, 0.3) is 0 Å². The van der Waals surface area contributed by atoms with Crippen LogP contribution in [-0.2, 0) is 0 Å². The van der Waals surface area contributed by atoms with Gasteiger partial charge in [-0.05, 0) is 59.7 Å². The summed E-state index contributed by atoms with van der Waals surface area (Å²) in [5.74, 6) is 7.43. The molecule has 3 aliphatic rings. The Kier molecular flexibility index (Phi) is 2.66. The van der Waals surface area contributed by atoms with Crippen LogP contribution in [0.15, 0.2) is 0 Å². The van der Waals surface area contributed by atoms with Gasteiger partial charge in [-0.15, -0.1) is 0 Å². The van der Waals surface area contributed by atoms with E-state index in [0.717, 1.165) is 41.4 Å². The topological polar surface area (TPSA) is 0 Å². The Balaban J connectivity index is 1.94. The van der Waals surface area contributed by atoms with Crippen molar-refractivity contribution in [2.45, 2.75) is 60.3 Å². The third-order valence-electron chi connectivity index (χ3n) is 7.44. The van der Waals surface area contributed by atoms with Crippen molar-refractivity contribution >= 4 is 0 Å². The average Bonchev–Trinajstić information content (AvgIpc) is 2.89. The standard InChI is InChI=1S/C17H30/c1-6-11-8-12(7-2)16-14-9-13(15(11)16)10(3)17(14,4)5/h10-16H,6-9H2,1-5H3. The van der Waals surface area contributed by atoms with Gasteiger partial charge in [-0.25, -0.2) is 0 Å². The third kappa shape index (κ3) is 1.36. The van der Waals surface area contributed by atoms with E-state index < -0.39 is 0 Å². The smallest absolute Gasteiger partial charge is 0.0295 e. The van der Waals surface area contributed by atoms with Crippen LogP contribution in [-0.4, -0.2) is 0 Å². The van der Waals surface area contributed by atoms with Crippen molar-refractivity contribution < 1.29 is 0 Å². The summed E-state index contributed by atoms with van der Waals surface area (Å²) in [6, 6.07) is 0. The number of hydrogen-bond donors (Lipinski definition) is 0. The molecule has 0 aliphatic heterocycles. The largest absolute Gasteiger partial charge is 0.0651 e. The van der Waals surface area contributed by atoms with Gasteiger partial charge in [-0.3, -0.25) is 0 Å². The lowest BCUT2D eigenvalue weighted by atomic mass is 9.60. The quantitative estimate of drug-likeness (QED) is 0.631. The molecule has 0 heteroatoms. The van der Waals surface area contributed by atoms with Gasteiger partial charge in [0.1, 0.15) is 0 Å². The van der Waals surface area contributed by atoms with E-state index in [4.69, 9.17) is 0 Å². The lowest BCUT2D eigenvalue weighted by molar-refractivity contribution is 0.0273. The van der Waals surface area contributed by atoms with Gasteiger partial charge in [0, 0.05) is 0 Å². The fraction of sp³-hybridized carbons (Fsp3) is 1.00. The summed E-state index contributed by atoms with van der Waals surface area (Å²) in [5, 5.41) is 0. The molecular formula is C17H30. The van der Waals surface area contributed by atoms with E-state index in [1.54, 1.807) is 12.8 Å². The summed E-state index contributed by atoms with van der Waals surface area (Å²) in [7, 11) is 0. The SMILES string of the molecule is CCC1CC(CC)C2C1C1CC2C(C)(C)C1C. The lowest BCUT2D eigenvalue weighted by Crippen LogP contribution is -2.40. The van der Waals surface area contributed by atoms with E-state index in [-0.39, 0.29) is 0 Å². The van der Waals surface area contributed by atoms with E-state index >= 15 is 0 Å². The summed E-state index contributed by atoms with van der Waals surface area (Å²) in [6.07, 6.45) is 5.99. The first kappa shape index (κ1) is 12.1. The predicted molar refractivity (Wildman–Crippen MR) is 73.7 cm³/mol. The summed E-state index contributed by atoms with van der Waals surface area (Å²) in [6.45, 7) is 12.5. The molecule has 0 aromatic carbocycles. The summed E-state index contributed by atoms with van der Waals surface area (Å²) < 4.78 is 0. The van der Waals surface area contributed by atoms with Crippen LogP contribution >= 0.6 is 0 Å². The highest BCUT2D eigenvalue weighted by Crippen LogP contribution is 2.70. The molecule has 3 fully saturated rings. The molecule has 0 radical (unpaired) electrons. The molecule has 0 amide bonds. The molecule has 0 nitrogen and oxygen atoms in total. The van der Waals surface area contributed by atoms with Crippen molar-refractivity contribution in [2.75, 3.05) is 0 Å². The van der Waals surface area contributed by atoms with E-state index in [1.165, 1.54) is 12.8 Å². The zero-order valence-electron chi connectivity index (χ0n) is 12.4. The molecule has 7 atom stereocenters. The Bertz CT molecular complexity index is 303. The summed E-state index contributed by atoms with van der Waals surface area (Å²) in [4.78, 5) is 0. The van der Waals surface area contributed by atoms with Crippen LogP contribution in [0, 0.1) is 46.8 Å². The van der Waals surface area contributed by atoms with Gasteiger partial charge in [0.05, 0.1) is 0 Å². The maximum absolute atomic E-state index is 2.56. The third-order valence-corrected chi connectivity index (χ3v) is 7.44. The van der Waals surface area contributed by atoms with Crippen molar-refractivity contribution in [2.24, 2.45) is 46.8 Å². The van der Waals surface area contributed by atoms with Crippen molar-refractivity contribution in [3.63, 3.8) is 0 Å². The minimum absolute atomic E-state index is 0.627. The first-order valence-corrected chi connectivity index (χ1v) is 8.02. The minimum atomic E-state index is 0.627. The van der Waals surface area contributed by atoms with Gasteiger partial charge in [0.15, 0.2) is 0 Å². The van der Waals surface area contributed by atoms with Gasteiger partial charge < -0.3 is 0 Å². The second-order valence-electron chi connectivity index (χ2n) is 7.84. The molecule has 0 aromatic rings. The normalized spacial score (nSPS) is 55.2. The van der Waals surface area contributed by atoms with Crippen LogP contribution in [0.5, 0.6) is 0 Å². The average molecular weight is 234 g/mol. The maximum Gasteiger partial charge on any atom is -0.0295 e. The number of fused-ring (bicyclic) bond motifs is 5. The first-order valence-electron chi connectivity index (χ1n) is 8.02. The second-order valence-corrected chi connectivity index (χ2v) is 7.84. The van der Waals surface area contributed by atoms with Crippen molar-refractivity contribution in [1.29, 1.82) is 0 Å². The highest BCUT2D eigenvalue weighted by atomic mass is 14.7. The molecule has 3 aliphatic carbocycles. The Morgan fingerprint density at radius 1 is 0.941 bits per heavy atom. The first-order chi connectivity index (χ1) is 8.02. The molecule has 17 heavy (non-hydrogen) atoms. The molecule has 2 bridgehead atoms. The molecule has 0 spiro atoms.